The van der Waals surface area contributed by atoms with E-state index in [1.807, 2.05) is 42.5 Å². The molecule has 0 saturated carbocycles. The van der Waals surface area contributed by atoms with Gasteiger partial charge in [0.1, 0.15) is 23.2 Å². The number of nitrogens with two attached hydrogens (primary N) is 1. The maximum Gasteiger partial charge on any atom is 0.142 e. The average molecular weight is 367 g/mol. The van der Waals surface area contributed by atoms with Gasteiger partial charge in [0.15, 0.2) is 0 Å². The Morgan fingerprint density at radius 3 is 2.50 bits per heavy atom. The van der Waals surface area contributed by atoms with Gasteiger partial charge in [0, 0.05) is 5.56 Å². The number of hydrogen-bond acceptors (Lipinski definition) is 4. The molecule has 0 unspecified atom stereocenters. The average Bonchev–Trinajstić information content (AvgIpc) is 2.74. The minimum Gasteiger partial charge on any atom is -0.497 e. The normalized spacial score (nSPS) is 14.4. The highest BCUT2D eigenvalue weighted by molar-refractivity contribution is 5.89. The number of pyridine rings is 1. The fraction of sp³-hybridized carbons (Fsp3) is 0.167. The number of methoxy groups -OCH3 is 1. The zero-order valence-corrected chi connectivity index (χ0v) is 15.8. The van der Waals surface area contributed by atoms with E-state index in [9.17, 15) is 5.26 Å². The van der Waals surface area contributed by atoms with E-state index in [2.05, 4.69) is 29.3 Å². The molecule has 0 spiro atoms. The Balaban J connectivity index is 1.92. The zero-order chi connectivity index (χ0) is 19.5. The van der Waals surface area contributed by atoms with Gasteiger partial charge < -0.3 is 10.5 Å². The number of anilines is 1. The molecule has 4 heteroatoms. The lowest BCUT2D eigenvalue weighted by Crippen LogP contribution is -2.11. The van der Waals surface area contributed by atoms with Crippen LogP contribution in [0, 0.1) is 11.3 Å². The van der Waals surface area contributed by atoms with Gasteiger partial charge in [-0.05, 0) is 59.7 Å². The molecule has 4 nitrogen and oxygen atoms in total. The molecule has 1 aliphatic carbocycles. The van der Waals surface area contributed by atoms with Crippen LogP contribution in [0.1, 0.15) is 35.2 Å². The molecule has 28 heavy (non-hydrogen) atoms. The van der Waals surface area contributed by atoms with E-state index in [-0.39, 0.29) is 5.82 Å². The highest BCUT2D eigenvalue weighted by Gasteiger charge is 2.24. The summed E-state index contributed by atoms with van der Waals surface area (Å²) in [5.74, 6) is 1.07. The van der Waals surface area contributed by atoms with Crippen LogP contribution in [0.4, 0.5) is 5.82 Å². The van der Waals surface area contributed by atoms with Crippen molar-refractivity contribution < 1.29 is 4.74 Å². The second-order valence-corrected chi connectivity index (χ2v) is 6.85. The monoisotopic (exact) mass is 367 g/mol. The molecule has 1 aromatic heterocycles. The molecule has 0 atom stereocenters. The third kappa shape index (κ3) is 3.23. The lowest BCUT2D eigenvalue weighted by molar-refractivity contribution is 0.415. The number of nitriles is 1. The lowest BCUT2D eigenvalue weighted by atomic mass is 9.83. The minimum atomic E-state index is 0.285. The fourth-order valence-electron chi connectivity index (χ4n) is 3.80. The Morgan fingerprint density at radius 2 is 1.82 bits per heavy atom. The highest BCUT2D eigenvalue weighted by Crippen LogP contribution is 2.40. The van der Waals surface area contributed by atoms with Crippen molar-refractivity contribution in [1.29, 1.82) is 5.26 Å². The summed E-state index contributed by atoms with van der Waals surface area (Å²) in [6, 6.07) is 20.3. The van der Waals surface area contributed by atoms with Crippen molar-refractivity contribution in [3.8, 4) is 22.9 Å². The number of aromatic nitrogens is 1. The highest BCUT2D eigenvalue weighted by atomic mass is 16.5. The summed E-state index contributed by atoms with van der Waals surface area (Å²) in [6.07, 6.45) is 5.02. The van der Waals surface area contributed by atoms with E-state index < -0.39 is 0 Å². The number of nitrogen functional groups attached to an aromatic ring is 1. The molecule has 2 aromatic carbocycles. The summed E-state index contributed by atoms with van der Waals surface area (Å²) in [7, 11) is 1.64. The molecule has 138 valence electrons. The third-order valence-corrected chi connectivity index (χ3v) is 5.13. The van der Waals surface area contributed by atoms with Gasteiger partial charge in [-0.3, -0.25) is 0 Å². The van der Waals surface area contributed by atoms with Gasteiger partial charge in [0.2, 0.25) is 0 Å². The van der Waals surface area contributed by atoms with E-state index in [1.165, 1.54) is 5.57 Å². The van der Waals surface area contributed by atoms with E-state index in [4.69, 9.17) is 10.5 Å². The van der Waals surface area contributed by atoms with Gasteiger partial charge in [0.05, 0.1) is 12.8 Å². The summed E-state index contributed by atoms with van der Waals surface area (Å²) in [4.78, 5) is 4.64. The first kappa shape index (κ1) is 17.8. The smallest absolute Gasteiger partial charge is 0.142 e. The first-order valence-corrected chi connectivity index (χ1v) is 9.34. The van der Waals surface area contributed by atoms with Gasteiger partial charge >= 0.3 is 0 Å². The molecule has 0 aliphatic heterocycles. The van der Waals surface area contributed by atoms with Crippen LogP contribution in [0.2, 0.25) is 0 Å². The largest absolute Gasteiger partial charge is 0.497 e. The van der Waals surface area contributed by atoms with Crippen LogP contribution < -0.4 is 10.5 Å². The zero-order valence-electron chi connectivity index (χ0n) is 15.8. The molecule has 4 rings (SSSR count). The SMILES string of the molecule is COc1ccc(-c2c(C#N)c(N)nc3c2CCCC3=Cc2ccccc2)cc1. The summed E-state index contributed by atoms with van der Waals surface area (Å²) < 4.78 is 5.27. The van der Waals surface area contributed by atoms with Gasteiger partial charge in [0.25, 0.3) is 0 Å². The molecule has 0 radical (unpaired) electrons. The second kappa shape index (κ2) is 7.58. The predicted octanol–water partition coefficient (Wildman–Crippen LogP) is 5.09. The van der Waals surface area contributed by atoms with Crippen molar-refractivity contribution in [3.05, 3.63) is 77.0 Å². The van der Waals surface area contributed by atoms with Crippen LogP contribution in [0.5, 0.6) is 5.75 Å². The van der Waals surface area contributed by atoms with Gasteiger partial charge in [-0.25, -0.2) is 4.98 Å². The quantitative estimate of drug-likeness (QED) is 0.700. The predicted molar refractivity (Wildman–Crippen MR) is 113 cm³/mol. The summed E-state index contributed by atoms with van der Waals surface area (Å²) in [5.41, 5.74) is 12.8. The number of rotatable bonds is 3. The Morgan fingerprint density at radius 1 is 1.07 bits per heavy atom. The van der Waals surface area contributed by atoms with Gasteiger partial charge in [-0.1, -0.05) is 42.5 Å². The van der Waals surface area contributed by atoms with E-state index in [0.29, 0.717) is 5.56 Å². The fourth-order valence-corrected chi connectivity index (χ4v) is 3.80. The third-order valence-electron chi connectivity index (χ3n) is 5.13. The summed E-state index contributed by atoms with van der Waals surface area (Å²) in [5, 5.41) is 9.75. The van der Waals surface area contributed by atoms with Crippen LogP contribution in [-0.4, -0.2) is 12.1 Å². The van der Waals surface area contributed by atoms with Crippen LogP contribution >= 0.6 is 0 Å². The molecule has 2 N–H and O–H groups in total. The number of ether oxygens (including phenoxy) is 1. The van der Waals surface area contributed by atoms with E-state index in [0.717, 1.165) is 53.0 Å². The maximum atomic E-state index is 9.75. The topological polar surface area (TPSA) is 71.9 Å². The number of hydrogen-bond donors (Lipinski definition) is 1. The number of benzene rings is 2. The molecular formula is C24H21N3O. The molecular weight excluding hydrogens is 346 g/mol. The Kier molecular flexibility index (Phi) is 4.82. The van der Waals surface area contributed by atoms with Crippen molar-refractivity contribution >= 4 is 17.5 Å². The van der Waals surface area contributed by atoms with E-state index >= 15 is 0 Å². The summed E-state index contributed by atoms with van der Waals surface area (Å²) >= 11 is 0. The van der Waals surface area contributed by atoms with Crippen molar-refractivity contribution in [3.63, 3.8) is 0 Å². The molecule has 0 bridgehead atoms. The minimum absolute atomic E-state index is 0.285. The van der Waals surface area contributed by atoms with Crippen molar-refractivity contribution in [2.45, 2.75) is 19.3 Å². The van der Waals surface area contributed by atoms with Crippen LogP contribution in [-0.2, 0) is 6.42 Å². The molecule has 1 aliphatic rings. The van der Waals surface area contributed by atoms with Crippen molar-refractivity contribution in [1.82, 2.24) is 4.98 Å². The van der Waals surface area contributed by atoms with Crippen molar-refractivity contribution in [2.75, 3.05) is 12.8 Å². The Hall–Kier alpha value is -3.58. The molecule has 0 saturated heterocycles. The van der Waals surface area contributed by atoms with Gasteiger partial charge in [-0.2, -0.15) is 5.26 Å². The summed E-state index contributed by atoms with van der Waals surface area (Å²) in [6.45, 7) is 0. The first-order chi connectivity index (χ1) is 13.7. The van der Waals surface area contributed by atoms with E-state index in [1.54, 1.807) is 7.11 Å². The molecule has 0 amide bonds. The second-order valence-electron chi connectivity index (χ2n) is 6.85. The Bertz CT molecular complexity index is 1080. The van der Waals surface area contributed by atoms with Crippen molar-refractivity contribution in [2.24, 2.45) is 0 Å². The van der Waals surface area contributed by atoms with Crippen LogP contribution in [0.3, 0.4) is 0 Å². The number of nitrogens with zero attached hydrogens (tertiary/aromatic N) is 2. The van der Waals surface area contributed by atoms with Crippen LogP contribution in [0.15, 0.2) is 54.6 Å². The number of fused-ring (bicyclic) bond motifs is 1. The first-order valence-electron chi connectivity index (χ1n) is 9.34. The van der Waals surface area contributed by atoms with Gasteiger partial charge in [-0.15, -0.1) is 0 Å². The standard InChI is InChI=1S/C24H21N3O/c1-28-19-12-10-17(11-13-19)22-20-9-5-8-18(14-16-6-3-2-4-7-16)23(20)27-24(26)21(22)15-25/h2-4,6-7,10-14H,5,8-9H2,1H3,(H2,26,27). The number of allylic oxidation sites excluding steroid dienone is 1. The Labute approximate surface area is 164 Å². The van der Waals surface area contributed by atoms with Crippen LogP contribution in [0.25, 0.3) is 22.8 Å². The maximum absolute atomic E-state index is 9.75. The molecule has 0 fully saturated rings. The molecule has 1 heterocycles. The molecule has 3 aromatic rings. The lowest BCUT2D eigenvalue weighted by Gasteiger charge is -2.23.